The highest BCUT2D eigenvalue weighted by Gasteiger charge is 2.36. The quantitative estimate of drug-likeness (QED) is 0.610. The zero-order valence-electron chi connectivity index (χ0n) is 17.6. The summed E-state index contributed by atoms with van der Waals surface area (Å²) in [4.78, 5) is 14.8. The molecule has 0 N–H and O–H groups in total. The summed E-state index contributed by atoms with van der Waals surface area (Å²) >= 11 is 0. The maximum atomic E-state index is 13.0. The first-order valence-electron chi connectivity index (χ1n) is 10.5. The number of carbonyl (C=O) groups is 1. The molecule has 3 rings (SSSR count). The third-order valence-corrected chi connectivity index (χ3v) is 9.72. The van der Waals surface area contributed by atoms with Crippen LogP contribution in [0, 0.1) is 17.2 Å². The van der Waals surface area contributed by atoms with E-state index < -0.39 is 20.0 Å². The minimum absolute atomic E-state index is 0.0831. The van der Waals surface area contributed by atoms with Crippen molar-refractivity contribution >= 4 is 26.0 Å². The van der Waals surface area contributed by atoms with Gasteiger partial charge in [-0.05, 0) is 43.5 Å². The van der Waals surface area contributed by atoms with Crippen molar-refractivity contribution in [3.8, 4) is 6.07 Å². The third kappa shape index (κ3) is 5.26. The van der Waals surface area contributed by atoms with Gasteiger partial charge in [0, 0.05) is 39.3 Å². The molecular formula is C20H28N4O5S2. The molecule has 31 heavy (non-hydrogen) atoms. The average molecular weight is 469 g/mol. The number of hydrogen-bond donors (Lipinski definition) is 0. The van der Waals surface area contributed by atoms with Gasteiger partial charge in [0.25, 0.3) is 0 Å². The standard InChI is InChI=1S/C20H28N4O5S2/c1-2-14-30(26,27)24-9-3-4-18(16-24)20(25)22-10-12-23(13-11-22)31(28,29)19-7-5-17(15-21)6-8-19/h5-8,18H,2-4,9-14,16H2,1H3. The van der Waals surface area contributed by atoms with Gasteiger partial charge in [-0.3, -0.25) is 4.79 Å². The van der Waals surface area contributed by atoms with Crippen LogP contribution in [0.2, 0.25) is 0 Å². The molecule has 1 aromatic rings. The summed E-state index contributed by atoms with van der Waals surface area (Å²) in [5, 5.41) is 8.87. The van der Waals surface area contributed by atoms with Crippen molar-refractivity contribution in [2.75, 3.05) is 45.0 Å². The number of rotatable bonds is 6. The number of nitriles is 1. The summed E-state index contributed by atoms with van der Waals surface area (Å²) in [6, 6.07) is 7.72. The van der Waals surface area contributed by atoms with E-state index >= 15 is 0 Å². The van der Waals surface area contributed by atoms with Gasteiger partial charge in [0.05, 0.1) is 28.2 Å². The van der Waals surface area contributed by atoms with Gasteiger partial charge in [0.2, 0.25) is 26.0 Å². The molecule has 1 atom stereocenters. The van der Waals surface area contributed by atoms with Crippen LogP contribution in [0.5, 0.6) is 0 Å². The zero-order chi connectivity index (χ0) is 22.6. The maximum Gasteiger partial charge on any atom is 0.243 e. The summed E-state index contributed by atoms with van der Waals surface area (Å²) < 4.78 is 53.2. The average Bonchev–Trinajstić information content (AvgIpc) is 2.79. The lowest BCUT2D eigenvalue weighted by Gasteiger charge is -2.38. The molecule has 0 aliphatic carbocycles. The molecule has 2 aliphatic rings. The van der Waals surface area contributed by atoms with Crippen molar-refractivity contribution in [2.45, 2.75) is 31.1 Å². The SMILES string of the molecule is CCCS(=O)(=O)N1CCCC(C(=O)N2CCN(S(=O)(=O)c3ccc(C#N)cc3)CC2)C1. The van der Waals surface area contributed by atoms with Crippen LogP contribution in [0.25, 0.3) is 0 Å². The molecule has 2 saturated heterocycles. The fourth-order valence-electron chi connectivity index (χ4n) is 4.04. The predicted octanol–water partition coefficient (Wildman–Crippen LogP) is 0.843. The van der Waals surface area contributed by atoms with Crippen LogP contribution in [0.4, 0.5) is 0 Å². The predicted molar refractivity (Wildman–Crippen MR) is 115 cm³/mol. The van der Waals surface area contributed by atoms with E-state index in [-0.39, 0.29) is 55.2 Å². The number of sulfonamides is 2. The van der Waals surface area contributed by atoms with E-state index in [1.54, 1.807) is 4.90 Å². The molecule has 2 heterocycles. The molecule has 0 radical (unpaired) electrons. The Labute approximate surface area is 184 Å². The molecule has 1 unspecified atom stereocenters. The van der Waals surface area contributed by atoms with E-state index in [9.17, 15) is 21.6 Å². The molecule has 0 spiro atoms. The smallest absolute Gasteiger partial charge is 0.243 e. The summed E-state index contributed by atoms with van der Waals surface area (Å²) in [5.74, 6) is -0.409. The number of amides is 1. The Kier molecular flexibility index (Phi) is 7.36. The number of hydrogen-bond acceptors (Lipinski definition) is 6. The molecule has 2 fully saturated rings. The lowest BCUT2D eigenvalue weighted by molar-refractivity contribution is -0.137. The van der Waals surface area contributed by atoms with E-state index in [2.05, 4.69) is 0 Å². The van der Waals surface area contributed by atoms with E-state index in [0.29, 0.717) is 31.4 Å². The van der Waals surface area contributed by atoms with Crippen molar-refractivity contribution in [2.24, 2.45) is 5.92 Å². The van der Waals surface area contributed by atoms with Crippen molar-refractivity contribution < 1.29 is 21.6 Å². The Morgan fingerprint density at radius 1 is 1.03 bits per heavy atom. The first-order chi connectivity index (χ1) is 14.7. The second-order valence-corrected chi connectivity index (χ2v) is 11.9. The number of piperazine rings is 1. The highest BCUT2D eigenvalue weighted by Crippen LogP contribution is 2.24. The van der Waals surface area contributed by atoms with Crippen LogP contribution in [0.1, 0.15) is 31.7 Å². The maximum absolute atomic E-state index is 13.0. The molecular weight excluding hydrogens is 440 g/mol. The van der Waals surface area contributed by atoms with E-state index in [4.69, 9.17) is 5.26 Å². The molecule has 2 aliphatic heterocycles. The number of nitrogens with zero attached hydrogens (tertiary/aromatic N) is 4. The second-order valence-electron chi connectivity index (χ2n) is 7.88. The van der Waals surface area contributed by atoms with Gasteiger partial charge in [-0.25, -0.2) is 21.1 Å². The number of benzene rings is 1. The van der Waals surface area contributed by atoms with Crippen LogP contribution >= 0.6 is 0 Å². The Morgan fingerprint density at radius 3 is 2.26 bits per heavy atom. The Hall–Kier alpha value is -2.00. The second kappa shape index (κ2) is 9.65. The Balaban J connectivity index is 1.61. The minimum Gasteiger partial charge on any atom is -0.340 e. The first kappa shape index (κ1) is 23.7. The van der Waals surface area contributed by atoms with Crippen LogP contribution in [0.15, 0.2) is 29.2 Å². The van der Waals surface area contributed by atoms with Crippen LogP contribution in [-0.2, 0) is 24.8 Å². The normalized spacial score (nSPS) is 21.5. The summed E-state index contributed by atoms with van der Waals surface area (Å²) in [5.41, 5.74) is 0.386. The molecule has 0 bridgehead atoms. The lowest BCUT2D eigenvalue weighted by atomic mass is 9.98. The molecule has 0 saturated carbocycles. The van der Waals surface area contributed by atoms with Gasteiger partial charge >= 0.3 is 0 Å². The summed E-state index contributed by atoms with van der Waals surface area (Å²) in [6.45, 7) is 3.36. The highest BCUT2D eigenvalue weighted by molar-refractivity contribution is 7.89. The van der Waals surface area contributed by atoms with Crippen LogP contribution in [0.3, 0.4) is 0 Å². The van der Waals surface area contributed by atoms with Crippen molar-refractivity contribution in [3.63, 3.8) is 0 Å². The van der Waals surface area contributed by atoms with E-state index in [1.807, 2.05) is 13.0 Å². The fraction of sp³-hybridized carbons (Fsp3) is 0.600. The van der Waals surface area contributed by atoms with Gasteiger partial charge in [-0.2, -0.15) is 9.57 Å². The minimum atomic E-state index is -3.70. The highest BCUT2D eigenvalue weighted by atomic mass is 32.2. The van der Waals surface area contributed by atoms with Crippen LogP contribution < -0.4 is 0 Å². The molecule has 1 aromatic carbocycles. The Bertz CT molecular complexity index is 1040. The summed E-state index contributed by atoms with van der Waals surface area (Å²) in [6.07, 6.45) is 1.82. The van der Waals surface area contributed by atoms with Gasteiger partial charge in [0.1, 0.15) is 0 Å². The summed E-state index contributed by atoms with van der Waals surface area (Å²) in [7, 11) is -7.04. The molecule has 1 amide bonds. The topological polar surface area (TPSA) is 119 Å². The molecule has 9 nitrogen and oxygen atoms in total. The van der Waals surface area contributed by atoms with Crippen molar-refractivity contribution in [1.29, 1.82) is 5.26 Å². The number of carbonyl (C=O) groups excluding carboxylic acids is 1. The Morgan fingerprint density at radius 2 is 1.68 bits per heavy atom. The third-order valence-electron chi connectivity index (χ3n) is 5.76. The monoisotopic (exact) mass is 468 g/mol. The lowest BCUT2D eigenvalue weighted by Crippen LogP contribution is -2.54. The molecule has 11 heteroatoms. The van der Waals surface area contributed by atoms with Gasteiger partial charge in [-0.15, -0.1) is 0 Å². The molecule has 0 aromatic heterocycles. The first-order valence-corrected chi connectivity index (χ1v) is 13.5. The van der Waals surface area contributed by atoms with Crippen LogP contribution in [-0.4, -0.2) is 81.3 Å². The van der Waals surface area contributed by atoms with Gasteiger partial charge < -0.3 is 4.90 Å². The van der Waals surface area contributed by atoms with E-state index in [1.165, 1.54) is 32.9 Å². The van der Waals surface area contributed by atoms with Crippen molar-refractivity contribution in [1.82, 2.24) is 13.5 Å². The van der Waals surface area contributed by atoms with Gasteiger partial charge in [0.15, 0.2) is 0 Å². The largest absolute Gasteiger partial charge is 0.340 e. The fourth-order valence-corrected chi connectivity index (χ4v) is 7.05. The van der Waals surface area contributed by atoms with Crippen molar-refractivity contribution in [3.05, 3.63) is 29.8 Å². The van der Waals surface area contributed by atoms with E-state index in [0.717, 1.165) is 0 Å². The molecule has 170 valence electrons. The number of piperidine rings is 1. The van der Waals surface area contributed by atoms with Gasteiger partial charge in [-0.1, -0.05) is 6.92 Å². The zero-order valence-corrected chi connectivity index (χ0v) is 19.2.